The SMILES string of the molecule is CC(COC(=O)C=Cc1ccc(OC(=O)C2CCC(C(F)(F)F)CC2)cc1)c1cc(N)cc(N)c1. The normalized spacial score (nSPS) is 19.3. The van der Waals surface area contributed by atoms with Gasteiger partial charge in [0.2, 0.25) is 0 Å². The maximum atomic E-state index is 12.8. The predicted octanol–water partition coefficient (Wildman–Crippen LogP) is 5.49. The number of carbonyl (C=O) groups is 2. The molecule has 1 saturated carbocycles. The molecular formula is C26H29F3N2O4. The van der Waals surface area contributed by atoms with Gasteiger partial charge in [-0.1, -0.05) is 19.1 Å². The molecule has 3 rings (SSSR count). The lowest BCUT2D eigenvalue weighted by molar-refractivity contribution is -0.185. The van der Waals surface area contributed by atoms with Crippen LogP contribution in [0.4, 0.5) is 24.5 Å². The zero-order valence-electron chi connectivity index (χ0n) is 19.4. The van der Waals surface area contributed by atoms with Crippen LogP contribution >= 0.6 is 0 Å². The van der Waals surface area contributed by atoms with Gasteiger partial charge in [-0.15, -0.1) is 0 Å². The minimum absolute atomic E-state index is 0.0602. The van der Waals surface area contributed by atoms with Gasteiger partial charge in [-0.3, -0.25) is 4.79 Å². The molecule has 0 aromatic heterocycles. The Bertz CT molecular complexity index is 1040. The highest BCUT2D eigenvalue weighted by atomic mass is 19.4. The lowest BCUT2D eigenvalue weighted by Crippen LogP contribution is -2.31. The van der Waals surface area contributed by atoms with E-state index in [9.17, 15) is 22.8 Å². The summed E-state index contributed by atoms with van der Waals surface area (Å²) in [7, 11) is 0. The van der Waals surface area contributed by atoms with Crippen molar-refractivity contribution in [2.75, 3.05) is 18.1 Å². The first kappa shape index (κ1) is 26.1. The second-order valence-electron chi connectivity index (χ2n) is 8.88. The monoisotopic (exact) mass is 490 g/mol. The molecule has 6 nitrogen and oxygen atoms in total. The van der Waals surface area contributed by atoms with E-state index in [0.717, 1.165) is 5.56 Å². The quantitative estimate of drug-likeness (QED) is 0.230. The summed E-state index contributed by atoms with van der Waals surface area (Å²) in [4.78, 5) is 24.4. The molecule has 0 heterocycles. The zero-order valence-corrected chi connectivity index (χ0v) is 19.4. The van der Waals surface area contributed by atoms with Crippen molar-refractivity contribution in [1.29, 1.82) is 0 Å². The van der Waals surface area contributed by atoms with Crippen molar-refractivity contribution in [2.45, 2.75) is 44.7 Å². The first-order valence-corrected chi connectivity index (χ1v) is 11.4. The highest BCUT2D eigenvalue weighted by Crippen LogP contribution is 2.39. The summed E-state index contributed by atoms with van der Waals surface area (Å²) < 4.78 is 49.0. The minimum atomic E-state index is -4.21. The average Bonchev–Trinajstić information content (AvgIpc) is 2.81. The summed E-state index contributed by atoms with van der Waals surface area (Å²) >= 11 is 0. The van der Waals surface area contributed by atoms with Crippen LogP contribution in [0.15, 0.2) is 48.5 Å². The lowest BCUT2D eigenvalue weighted by Gasteiger charge is -2.28. The van der Waals surface area contributed by atoms with E-state index in [2.05, 4.69) is 0 Å². The Morgan fingerprint density at radius 1 is 1.03 bits per heavy atom. The molecule has 0 bridgehead atoms. The van der Waals surface area contributed by atoms with Crippen LogP contribution in [0.2, 0.25) is 0 Å². The van der Waals surface area contributed by atoms with E-state index in [1.165, 1.54) is 6.08 Å². The van der Waals surface area contributed by atoms with Gasteiger partial charge in [0, 0.05) is 23.4 Å². The van der Waals surface area contributed by atoms with Gasteiger partial charge in [0.15, 0.2) is 0 Å². The molecular weight excluding hydrogens is 461 g/mol. The van der Waals surface area contributed by atoms with Crippen molar-refractivity contribution in [3.63, 3.8) is 0 Å². The molecule has 0 aliphatic heterocycles. The molecule has 0 radical (unpaired) electrons. The molecule has 0 saturated heterocycles. The van der Waals surface area contributed by atoms with E-state index < -0.39 is 30.0 Å². The molecule has 1 unspecified atom stereocenters. The van der Waals surface area contributed by atoms with E-state index in [1.54, 1.807) is 48.5 Å². The number of hydrogen-bond donors (Lipinski definition) is 2. The summed E-state index contributed by atoms with van der Waals surface area (Å²) in [5, 5.41) is 0. The third-order valence-corrected chi connectivity index (χ3v) is 6.08. The molecule has 4 N–H and O–H groups in total. The fourth-order valence-corrected chi connectivity index (χ4v) is 4.01. The Labute approximate surface area is 202 Å². The molecule has 188 valence electrons. The number of nitrogen functional groups attached to an aromatic ring is 2. The Kier molecular flexibility index (Phi) is 8.43. The summed E-state index contributed by atoms with van der Waals surface area (Å²) in [6.07, 6.45) is -1.15. The first-order valence-electron chi connectivity index (χ1n) is 11.4. The number of rotatable bonds is 7. The molecule has 0 amide bonds. The predicted molar refractivity (Wildman–Crippen MR) is 127 cm³/mol. The molecule has 0 spiro atoms. The molecule has 1 fully saturated rings. The standard InChI is InChI=1S/C26H29F3N2O4/c1-16(19-12-21(30)14-22(31)13-19)15-34-24(32)11-4-17-2-9-23(10-3-17)35-25(33)18-5-7-20(8-6-18)26(27,28)29/h2-4,9-14,16,18,20H,5-8,15,30-31H2,1H3. The van der Waals surface area contributed by atoms with Gasteiger partial charge in [-0.2, -0.15) is 13.2 Å². The van der Waals surface area contributed by atoms with Gasteiger partial charge in [0.25, 0.3) is 0 Å². The Morgan fingerprint density at radius 2 is 1.63 bits per heavy atom. The Balaban J connectivity index is 1.45. The number of nitrogens with two attached hydrogens (primary N) is 2. The van der Waals surface area contributed by atoms with Crippen molar-refractivity contribution in [2.24, 2.45) is 11.8 Å². The van der Waals surface area contributed by atoms with Crippen LogP contribution < -0.4 is 16.2 Å². The Hall–Kier alpha value is -3.49. The molecule has 1 aliphatic rings. The topological polar surface area (TPSA) is 105 Å². The summed E-state index contributed by atoms with van der Waals surface area (Å²) in [5.41, 5.74) is 14.2. The van der Waals surface area contributed by atoms with E-state index in [0.29, 0.717) is 22.7 Å². The van der Waals surface area contributed by atoms with Gasteiger partial charge in [0.05, 0.1) is 18.4 Å². The lowest BCUT2D eigenvalue weighted by atomic mass is 9.82. The van der Waals surface area contributed by atoms with Crippen molar-refractivity contribution in [3.05, 3.63) is 59.7 Å². The van der Waals surface area contributed by atoms with E-state index in [4.69, 9.17) is 20.9 Å². The number of hydrogen-bond acceptors (Lipinski definition) is 6. The zero-order chi connectivity index (χ0) is 25.6. The van der Waals surface area contributed by atoms with E-state index >= 15 is 0 Å². The minimum Gasteiger partial charge on any atom is -0.462 e. The molecule has 2 aromatic carbocycles. The number of halogens is 3. The molecule has 2 aromatic rings. The van der Waals surface area contributed by atoms with Crippen molar-refractivity contribution < 1.29 is 32.2 Å². The van der Waals surface area contributed by atoms with Gasteiger partial charge in [0.1, 0.15) is 5.75 Å². The van der Waals surface area contributed by atoms with Crippen molar-refractivity contribution >= 4 is 29.4 Å². The summed E-state index contributed by atoms with van der Waals surface area (Å²) in [6, 6.07) is 11.7. The Morgan fingerprint density at radius 3 is 2.20 bits per heavy atom. The number of esters is 2. The van der Waals surface area contributed by atoms with E-state index in [-0.39, 0.29) is 38.2 Å². The second kappa shape index (κ2) is 11.3. The van der Waals surface area contributed by atoms with Crippen LogP contribution in [-0.2, 0) is 14.3 Å². The van der Waals surface area contributed by atoms with E-state index in [1.807, 2.05) is 6.92 Å². The highest BCUT2D eigenvalue weighted by Gasteiger charge is 2.42. The number of ether oxygens (including phenoxy) is 2. The number of benzene rings is 2. The third kappa shape index (κ3) is 7.77. The summed E-state index contributed by atoms with van der Waals surface area (Å²) in [5.74, 6) is -2.71. The van der Waals surface area contributed by atoms with Gasteiger partial charge in [-0.25, -0.2) is 4.79 Å². The number of anilines is 2. The fraction of sp³-hybridized carbons (Fsp3) is 0.385. The van der Waals surface area contributed by atoms with Crippen molar-refractivity contribution in [3.8, 4) is 5.75 Å². The molecule has 1 atom stereocenters. The van der Waals surface area contributed by atoms with Crippen LogP contribution in [0.3, 0.4) is 0 Å². The smallest absolute Gasteiger partial charge is 0.391 e. The average molecular weight is 491 g/mol. The van der Waals surface area contributed by atoms with Crippen LogP contribution in [0.25, 0.3) is 6.08 Å². The van der Waals surface area contributed by atoms with Crippen LogP contribution in [-0.4, -0.2) is 24.7 Å². The highest BCUT2D eigenvalue weighted by molar-refractivity contribution is 5.87. The third-order valence-electron chi connectivity index (χ3n) is 6.08. The number of carbonyl (C=O) groups excluding carboxylic acids is 2. The van der Waals surface area contributed by atoms with Gasteiger partial charge < -0.3 is 20.9 Å². The largest absolute Gasteiger partial charge is 0.462 e. The maximum Gasteiger partial charge on any atom is 0.391 e. The fourth-order valence-electron chi connectivity index (χ4n) is 4.01. The van der Waals surface area contributed by atoms with Crippen LogP contribution in [0.5, 0.6) is 5.75 Å². The molecule has 9 heteroatoms. The second-order valence-corrected chi connectivity index (χ2v) is 8.88. The van der Waals surface area contributed by atoms with Gasteiger partial charge >= 0.3 is 18.1 Å². The van der Waals surface area contributed by atoms with Crippen LogP contribution in [0.1, 0.15) is 49.7 Å². The van der Waals surface area contributed by atoms with Gasteiger partial charge in [-0.05, 0) is 73.2 Å². The number of alkyl halides is 3. The van der Waals surface area contributed by atoms with Crippen LogP contribution in [0, 0.1) is 11.8 Å². The first-order chi connectivity index (χ1) is 16.5. The molecule has 1 aliphatic carbocycles. The maximum absolute atomic E-state index is 12.8. The molecule has 35 heavy (non-hydrogen) atoms. The van der Waals surface area contributed by atoms with Crippen molar-refractivity contribution in [1.82, 2.24) is 0 Å². The summed E-state index contributed by atoms with van der Waals surface area (Å²) in [6.45, 7) is 2.05.